The van der Waals surface area contributed by atoms with Gasteiger partial charge in [-0.25, -0.2) is 0 Å². The van der Waals surface area contributed by atoms with Gasteiger partial charge in [-0.15, -0.1) is 0 Å². The fourth-order valence-electron chi connectivity index (χ4n) is 2.46. The van der Waals surface area contributed by atoms with Crippen LogP contribution < -0.4 is 9.81 Å². The van der Waals surface area contributed by atoms with Crippen molar-refractivity contribution in [2.24, 2.45) is 10.2 Å². The zero-order chi connectivity index (χ0) is 17.5. The van der Waals surface area contributed by atoms with E-state index in [2.05, 4.69) is 68.6 Å². The van der Waals surface area contributed by atoms with Gasteiger partial charge in [0, 0.05) is 0 Å². The van der Waals surface area contributed by atoms with Gasteiger partial charge in [0.05, 0.1) is 0 Å². The maximum absolute atomic E-state index is 8.56. The van der Waals surface area contributed by atoms with Gasteiger partial charge >= 0.3 is 153 Å². The summed E-state index contributed by atoms with van der Waals surface area (Å²) in [4.78, 5) is 5.65. The van der Waals surface area contributed by atoms with E-state index >= 15 is 0 Å². The zero-order valence-electron chi connectivity index (χ0n) is 13.1. The Morgan fingerprint density at radius 3 is 1.36 bits per heavy atom. The molecule has 0 N–H and O–H groups in total. The van der Waals surface area contributed by atoms with E-state index < -0.39 is 21.8 Å². The van der Waals surface area contributed by atoms with Crippen molar-refractivity contribution in [3.63, 3.8) is 0 Å². The Hall–Kier alpha value is -2.84. The molecule has 0 saturated carbocycles. The van der Waals surface area contributed by atoms with E-state index in [4.69, 9.17) is 11.1 Å². The molecule has 0 radical (unpaired) electrons. The number of hydrogen-bond donors (Lipinski definition) is 0. The van der Waals surface area contributed by atoms with Crippen LogP contribution in [0, 0.1) is 0 Å². The number of rotatable bonds is 5. The summed E-state index contributed by atoms with van der Waals surface area (Å²) in [6, 6.07) is 26.1. The van der Waals surface area contributed by atoms with E-state index in [0.29, 0.717) is 11.4 Å². The Balaban J connectivity index is 2.06. The fourth-order valence-corrected chi connectivity index (χ4v) is 11.2. The van der Waals surface area contributed by atoms with E-state index in [0.717, 1.165) is 0 Å². The second-order valence-corrected chi connectivity index (χ2v) is 13.7. The van der Waals surface area contributed by atoms with Gasteiger partial charge in [0.25, 0.3) is 0 Å². The fraction of sp³-hybridized carbons (Fsp3) is 0. The van der Waals surface area contributed by atoms with Gasteiger partial charge in [-0.05, 0) is 0 Å². The quantitative estimate of drug-likeness (QED) is 0.209. The first-order valence-corrected chi connectivity index (χ1v) is 12.7. The molecule has 0 aliphatic heterocycles. The van der Waals surface area contributed by atoms with E-state index in [1.807, 2.05) is 30.3 Å². The summed E-state index contributed by atoms with van der Waals surface area (Å²) in [5.74, 6) is 0. The summed E-state index contributed by atoms with van der Waals surface area (Å²) in [7, 11) is 0. The van der Waals surface area contributed by atoms with Gasteiger partial charge in [0.2, 0.25) is 0 Å². The standard InChI is InChI=1S/2C6H4N3.C6H5.Bi/c2*7-9-8-6-4-2-1-3-5-6;1-2-4-6-5-3-1;/h2*2-5H;1-5H;. The number of nitrogens with zero attached hydrogens (tertiary/aromatic N) is 6. The van der Waals surface area contributed by atoms with Crippen LogP contribution in [0.2, 0.25) is 0 Å². The summed E-state index contributed by atoms with van der Waals surface area (Å²) in [5, 5.41) is 7.28. The van der Waals surface area contributed by atoms with E-state index in [1.165, 1.54) is 9.81 Å². The van der Waals surface area contributed by atoms with Crippen LogP contribution >= 0.6 is 0 Å². The molecule has 0 fully saturated rings. The molecule has 25 heavy (non-hydrogen) atoms. The number of benzene rings is 3. The van der Waals surface area contributed by atoms with Crippen molar-refractivity contribution in [3.05, 3.63) is 99.7 Å². The molecule has 0 aliphatic carbocycles. The van der Waals surface area contributed by atoms with Gasteiger partial charge in [-0.1, -0.05) is 0 Å². The molecule has 3 aromatic carbocycles. The summed E-state index contributed by atoms with van der Waals surface area (Å²) in [6.07, 6.45) is 0. The normalized spacial score (nSPS) is 9.96. The molecule has 0 heterocycles. The third-order valence-electron chi connectivity index (χ3n) is 3.55. The van der Waals surface area contributed by atoms with E-state index in [9.17, 15) is 0 Å². The van der Waals surface area contributed by atoms with Gasteiger partial charge in [0.15, 0.2) is 0 Å². The minimum atomic E-state index is -2.45. The Labute approximate surface area is 152 Å². The average Bonchev–Trinajstić information content (AvgIpc) is 2.66. The minimum absolute atomic E-state index is 0.613. The molecule has 120 valence electrons. The van der Waals surface area contributed by atoms with Crippen molar-refractivity contribution in [2.75, 3.05) is 0 Å². The van der Waals surface area contributed by atoms with Crippen LogP contribution in [0.1, 0.15) is 0 Å². The molecule has 0 aromatic heterocycles. The molecule has 0 bridgehead atoms. The predicted molar refractivity (Wildman–Crippen MR) is 102 cm³/mol. The molecule has 0 aliphatic rings. The van der Waals surface area contributed by atoms with Crippen LogP contribution in [-0.2, 0) is 0 Å². The van der Waals surface area contributed by atoms with Crippen LogP contribution in [0.25, 0.3) is 20.9 Å². The maximum atomic E-state index is 8.56. The third-order valence-corrected chi connectivity index (χ3v) is 13.1. The molecular formula is C18H13BiN6. The molecule has 3 aromatic rings. The average molecular weight is 522 g/mol. The Morgan fingerprint density at radius 1 is 0.560 bits per heavy atom. The predicted octanol–water partition coefficient (Wildman–Crippen LogP) is 4.09. The van der Waals surface area contributed by atoms with Gasteiger partial charge in [-0.2, -0.15) is 0 Å². The number of azide groups is 2. The molecule has 3 rings (SSSR count). The first-order valence-electron chi connectivity index (χ1n) is 7.47. The van der Waals surface area contributed by atoms with Gasteiger partial charge in [-0.3, -0.25) is 0 Å². The second-order valence-electron chi connectivity index (χ2n) is 5.08. The van der Waals surface area contributed by atoms with Crippen LogP contribution in [0.15, 0.2) is 89.1 Å². The topological polar surface area (TPSA) is 97.5 Å². The van der Waals surface area contributed by atoms with Crippen molar-refractivity contribution in [1.82, 2.24) is 0 Å². The Kier molecular flexibility index (Phi) is 5.66. The molecule has 0 unspecified atom stereocenters. The van der Waals surface area contributed by atoms with E-state index in [-0.39, 0.29) is 0 Å². The van der Waals surface area contributed by atoms with Gasteiger partial charge in [0.1, 0.15) is 0 Å². The molecule has 0 saturated heterocycles. The molecule has 7 heteroatoms. The van der Waals surface area contributed by atoms with Crippen molar-refractivity contribution in [2.45, 2.75) is 0 Å². The third kappa shape index (κ3) is 4.17. The Morgan fingerprint density at radius 2 is 0.960 bits per heavy atom. The van der Waals surface area contributed by atoms with Crippen molar-refractivity contribution in [1.29, 1.82) is 0 Å². The molecule has 0 amide bonds. The molecule has 0 spiro atoms. The van der Waals surface area contributed by atoms with Crippen molar-refractivity contribution in [3.8, 4) is 0 Å². The SMILES string of the molecule is [N-]=[N+]=Nc1cc[c]([Bi]([c]2ccccc2)[c]2ccc(N=[N+]=[N-])cc2)cc1. The monoisotopic (exact) mass is 522 g/mol. The summed E-state index contributed by atoms with van der Waals surface area (Å²) >= 11 is -2.45. The summed E-state index contributed by atoms with van der Waals surface area (Å²) in [6.45, 7) is 0. The van der Waals surface area contributed by atoms with Crippen LogP contribution in [0.4, 0.5) is 11.4 Å². The summed E-state index contributed by atoms with van der Waals surface area (Å²) in [5.41, 5.74) is 18.3. The number of hydrogen-bond acceptors (Lipinski definition) is 2. The van der Waals surface area contributed by atoms with Crippen LogP contribution in [0.3, 0.4) is 0 Å². The van der Waals surface area contributed by atoms with Gasteiger partial charge < -0.3 is 0 Å². The van der Waals surface area contributed by atoms with Crippen molar-refractivity contribution >= 4 is 42.9 Å². The first-order chi connectivity index (χ1) is 12.3. The van der Waals surface area contributed by atoms with Crippen LogP contribution in [0.5, 0.6) is 0 Å². The van der Waals surface area contributed by atoms with E-state index in [1.54, 1.807) is 0 Å². The molecular weight excluding hydrogens is 509 g/mol. The first kappa shape index (κ1) is 17.0. The zero-order valence-corrected chi connectivity index (χ0v) is 16.6. The molecule has 6 nitrogen and oxygen atoms in total. The van der Waals surface area contributed by atoms with Crippen molar-refractivity contribution < 1.29 is 0 Å². The molecule has 0 atom stereocenters. The van der Waals surface area contributed by atoms with Crippen LogP contribution in [-0.4, -0.2) is 21.8 Å². The Bertz CT molecular complexity index is 880. The second kappa shape index (κ2) is 8.32. The summed E-state index contributed by atoms with van der Waals surface area (Å²) < 4.78 is 3.93.